The van der Waals surface area contributed by atoms with Crippen LogP contribution in [0.5, 0.6) is 0 Å². The van der Waals surface area contributed by atoms with Crippen LogP contribution in [0.15, 0.2) is 24.3 Å². The predicted octanol–water partition coefficient (Wildman–Crippen LogP) is 2.86. The van der Waals surface area contributed by atoms with Crippen molar-refractivity contribution in [1.29, 1.82) is 0 Å². The molecule has 3 N–H and O–H groups in total. The molecule has 1 aliphatic rings. The van der Waals surface area contributed by atoms with Gasteiger partial charge >= 0.3 is 12.0 Å². The van der Waals surface area contributed by atoms with Gasteiger partial charge in [0, 0.05) is 17.8 Å². The molecule has 1 fully saturated rings. The number of nitrogens with one attached hydrogen (secondary N) is 2. The number of thioether (sulfide) groups is 1. The molecule has 0 radical (unpaired) electrons. The van der Waals surface area contributed by atoms with Crippen molar-refractivity contribution in [2.75, 3.05) is 6.26 Å². The fraction of sp³-hybridized carbons (Fsp3) is 0.500. The highest BCUT2D eigenvalue weighted by Crippen LogP contribution is 2.26. The summed E-state index contributed by atoms with van der Waals surface area (Å²) in [7, 11) is 0. The third kappa shape index (κ3) is 4.94. The van der Waals surface area contributed by atoms with Crippen LogP contribution < -0.4 is 10.6 Å². The summed E-state index contributed by atoms with van der Waals surface area (Å²) in [5, 5.41) is 15.3. The molecule has 2 rings (SSSR count). The van der Waals surface area contributed by atoms with Gasteiger partial charge in [-0.15, -0.1) is 0 Å². The van der Waals surface area contributed by atoms with Crippen molar-refractivity contribution < 1.29 is 14.7 Å². The summed E-state index contributed by atoms with van der Waals surface area (Å²) in [5.41, 5.74) is 1.13. The zero-order chi connectivity index (χ0) is 15.9. The second-order valence-electron chi connectivity index (χ2n) is 5.55. The van der Waals surface area contributed by atoms with Crippen LogP contribution in [0, 0.1) is 0 Å². The molecule has 0 aromatic heterocycles. The fourth-order valence-corrected chi connectivity index (χ4v) is 3.50. The quantitative estimate of drug-likeness (QED) is 0.779. The molecule has 1 aromatic carbocycles. The maximum atomic E-state index is 11.9. The molecular weight excluding hydrogens is 300 g/mol. The first-order valence-electron chi connectivity index (χ1n) is 7.48. The molecule has 0 saturated heterocycles. The van der Waals surface area contributed by atoms with Crippen molar-refractivity contribution in [2.24, 2.45) is 0 Å². The van der Waals surface area contributed by atoms with E-state index in [1.54, 1.807) is 24.3 Å². The monoisotopic (exact) mass is 322 g/mol. The highest BCUT2D eigenvalue weighted by atomic mass is 32.2. The molecule has 6 heteroatoms. The molecule has 22 heavy (non-hydrogen) atoms. The SMILES string of the molecule is CSC1CCCC(NC(=O)NCc2ccc(C(=O)O)cc2)C1. The lowest BCUT2D eigenvalue weighted by molar-refractivity contribution is 0.0697. The van der Waals surface area contributed by atoms with Crippen molar-refractivity contribution in [1.82, 2.24) is 10.6 Å². The van der Waals surface area contributed by atoms with Crippen molar-refractivity contribution in [3.8, 4) is 0 Å². The molecule has 0 bridgehead atoms. The molecule has 120 valence electrons. The summed E-state index contributed by atoms with van der Waals surface area (Å²) in [6, 6.07) is 6.61. The smallest absolute Gasteiger partial charge is 0.335 e. The molecule has 2 atom stereocenters. The van der Waals surface area contributed by atoms with Crippen LogP contribution in [0.3, 0.4) is 0 Å². The lowest BCUT2D eigenvalue weighted by Crippen LogP contribution is -2.44. The van der Waals surface area contributed by atoms with Crippen LogP contribution in [0.1, 0.15) is 41.6 Å². The van der Waals surface area contributed by atoms with E-state index in [4.69, 9.17) is 5.11 Å². The van der Waals surface area contributed by atoms with E-state index in [2.05, 4.69) is 16.9 Å². The number of carboxylic acid groups (broad SMARTS) is 1. The van der Waals surface area contributed by atoms with Crippen LogP contribution in [0.25, 0.3) is 0 Å². The van der Waals surface area contributed by atoms with Gasteiger partial charge in [0.25, 0.3) is 0 Å². The largest absolute Gasteiger partial charge is 0.478 e. The predicted molar refractivity (Wildman–Crippen MR) is 88.3 cm³/mol. The highest BCUT2D eigenvalue weighted by molar-refractivity contribution is 7.99. The molecule has 2 unspecified atom stereocenters. The van der Waals surface area contributed by atoms with Gasteiger partial charge in [0.15, 0.2) is 0 Å². The Bertz CT molecular complexity index is 519. The van der Waals surface area contributed by atoms with Gasteiger partial charge in [-0.1, -0.05) is 18.6 Å². The summed E-state index contributed by atoms with van der Waals surface area (Å²) < 4.78 is 0. The minimum atomic E-state index is -0.946. The van der Waals surface area contributed by atoms with Crippen molar-refractivity contribution in [2.45, 2.75) is 43.5 Å². The second kappa shape index (κ2) is 8.08. The van der Waals surface area contributed by atoms with Gasteiger partial charge in [0.2, 0.25) is 0 Å². The van der Waals surface area contributed by atoms with Crippen LogP contribution >= 0.6 is 11.8 Å². The number of hydrogen-bond donors (Lipinski definition) is 3. The Morgan fingerprint density at radius 2 is 2.00 bits per heavy atom. The minimum absolute atomic E-state index is 0.158. The van der Waals surface area contributed by atoms with E-state index in [-0.39, 0.29) is 17.6 Å². The van der Waals surface area contributed by atoms with E-state index in [9.17, 15) is 9.59 Å². The topological polar surface area (TPSA) is 78.4 Å². The summed E-state index contributed by atoms with van der Waals surface area (Å²) in [6.45, 7) is 0.393. The molecular formula is C16H22N2O3S. The van der Waals surface area contributed by atoms with Crippen molar-refractivity contribution in [3.05, 3.63) is 35.4 Å². The number of carbonyl (C=O) groups excluding carboxylic acids is 1. The van der Waals surface area contributed by atoms with Gasteiger partial charge in [0.05, 0.1) is 5.56 Å². The molecule has 0 aliphatic heterocycles. The summed E-state index contributed by atoms with van der Waals surface area (Å²) in [6.07, 6.45) is 6.58. The van der Waals surface area contributed by atoms with E-state index in [1.165, 1.54) is 6.42 Å². The number of hydrogen-bond acceptors (Lipinski definition) is 3. The Labute approximate surface area is 134 Å². The summed E-state index contributed by atoms with van der Waals surface area (Å²) in [4.78, 5) is 22.7. The van der Waals surface area contributed by atoms with Crippen LogP contribution in [0.4, 0.5) is 4.79 Å². The van der Waals surface area contributed by atoms with Gasteiger partial charge in [-0.2, -0.15) is 11.8 Å². The van der Waals surface area contributed by atoms with Crippen molar-refractivity contribution in [3.63, 3.8) is 0 Å². The molecule has 1 saturated carbocycles. The van der Waals surface area contributed by atoms with Crippen LogP contribution in [-0.2, 0) is 6.54 Å². The van der Waals surface area contributed by atoms with E-state index in [1.807, 2.05) is 11.8 Å². The Morgan fingerprint density at radius 3 is 2.64 bits per heavy atom. The van der Waals surface area contributed by atoms with E-state index in [0.717, 1.165) is 24.8 Å². The number of urea groups is 1. The Hall–Kier alpha value is -1.69. The maximum absolute atomic E-state index is 11.9. The Morgan fingerprint density at radius 1 is 1.27 bits per heavy atom. The van der Waals surface area contributed by atoms with Crippen LogP contribution in [0.2, 0.25) is 0 Å². The highest BCUT2D eigenvalue weighted by Gasteiger charge is 2.22. The third-order valence-electron chi connectivity index (χ3n) is 3.95. The molecule has 5 nitrogen and oxygen atoms in total. The average Bonchev–Trinajstić information content (AvgIpc) is 2.53. The Kier molecular flexibility index (Phi) is 6.12. The lowest BCUT2D eigenvalue weighted by Gasteiger charge is -2.28. The first-order chi connectivity index (χ1) is 10.6. The van der Waals surface area contributed by atoms with Gasteiger partial charge in [-0.3, -0.25) is 0 Å². The van der Waals surface area contributed by atoms with Crippen LogP contribution in [-0.4, -0.2) is 34.7 Å². The average molecular weight is 322 g/mol. The number of rotatable bonds is 5. The van der Waals surface area contributed by atoms with E-state index >= 15 is 0 Å². The summed E-state index contributed by atoms with van der Waals surface area (Å²) >= 11 is 1.87. The third-order valence-corrected chi connectivity index (χ3v) is 5.04. The zero-order valence-corrected chi connectivity index (χ0v) is 13.5. The Balaban J connectivity index is 1.76. The number of aromatic carboxylic acids is 1. The normalized spacial score (nSPS) is 21.1. The minimum Gasteiger partial charge on any atom is -0.478 e. The second-order valence-corrected chi connectivity index (χ2v) is 6.69. The first kappa shape index (κ1) is 16.7. The molecule has 1 aliphatic carbocycles. The number of carboxylic acids is 1. The summed E-state index contributed by atoms with van der Waals surface area (Å²) in [5.74, 6) is -0.946. The fourth-order valence-electron chi connectivity index (χ4n) is 2.67. The van der Waals surface area contributed by atoms with Gasteiger partial charge in [0.1, 0.15) is 0 Å². The number of carbonyl (C=O) groups is 2. The van der Waals surface area contributed by atoms with Crippen molar-refractivity contribution >= 4 is 23.8 Å². The molecule has 1 aromatic rings. The first-order valence-corrected chi connectivity index (χ1v) is 8.76. The molecule has 0 heterocycles. The number of benzene rings is 1. The van der Waals surface area contributed by atoms with Gasteiger partial charge in [-0.25, -0.2) is 9.59 Å². The number of amides is 2. The van der Waals surface area contributed by atoms with Gasteiger partial charge in [-0.05, 0) is 43.2 Å². The maximum Gasteiger partial charge on any atom is 0.335 e. The zero-order valence-electron chi connectivity index (χ0n) is 12.7. The van der Waals surface area contributed by atoms with E-state index in [0.29, 0.717) is 11.8 Å². The van der Waals surface area contributed by atoms with Gasteiger partial charge < -0.3 is 15.7 Å². The lowest BCUT2D eigenvalue weighted by atomic mass is 9.95. The molecule has 2 amide bonds. The standard InChI is InChI=1S/C16H22N2O3S/c1-22-14-4-2-3-13(9-14)18-16(21)17-10-11-5-7-12(8-6-11)15(19)20/h5-8,13-14H,2-4,9-10H2,1H3,(H,19,20)(H2,17,18,21). The molecule has 0 spiro atoms. The van der Waals surface area contributed by atoms with E-state index < -0.39 is 5.97 Å².